The SMILES string of the molecule is COc1ccc(OCc2cc(CN)ccc2F)cc1. The van der Waals surface area contributed by atoms with Crippen LogP contribution in [-0.4, -0.2) is 7.11 Å². The molecule has 4 heteroatoms. The molecule has 0 atom stereocenters. The van der Waals surface area contributed by atoms with Gasteiger partial charge in [-0.25, -0.2) is 4.39 Å². The molecular weight excluding hydrogens is 245 g/mol. The Kier molecular flexibility index (Phi) is 4.36. The van der Waals surface area contributed by atoms with Gasteiger partial charge < -0.3 is 15.2 Å². The first-order valence-corrected chi connectivity index (χ1v) is 5.97. The molecule has 0 fully saturated rings. The molecule has 0 aromatic heterocycles. The van der Waals surface area contributed by atoms with Crippen LogP contribution in [0, 0.1) is 5.82 Å². The third kappa shape index (κ3) is 3.45. The standard InChI is InChI=1S/C15H16FNO2/c1-18-13-3-5-14(6-4-13)19-10-12-8-11(9-17)2-7-15(12)16/h2-8H,9-10,17H2,1H3. The highest BCUT2D eigenvalue weighted by Gasteiger charge is 2.04. The predicted octanol–water partition coefficient (Wildman–Crippen LogP) is 2.87. The van der Waals surface area contributed by atoms with Crippen molar-refractivity contribution in [3.05, 3.63) is 59.4 Å². The average molecular weight is 261 g/mol. The molecule has 3 nitrogen and oxygen atoms in total. The molecule has 0 bridgehead atoms. The maximum absolute atomic E-state index is 13.6. The minimum Gasteiger partial charge on any atom is -0.497 e. The molecule has 0 saturated heterocycles. The first-order chi connectivity index (χ1) is 9.22. The van der Waals surface area contributed by atoms with E-state index in [0.717, 1.165) is 11.3 Å². The normalized spacial score (nSPS) is 10.3. The van der Waals surface area contributed by atoms with Gasteiger partial charge in [0, 0.05) is 12.1 Å². The summed E-state index contributed by atoms with van der Waals surface area (Å²) >= 11 is 0. The van der Waals surface area contributed by atoms with Gasteiger partial charge in [-0.1, -0.05) is 6.07 Å². The summed E-state index contributed by atoms with van der Waals surface area (Å²) in [4.78, 5) is 0. The third-order valence-corrected chi connectivity index (χ3v) is 2.80. The number of halogens is 1. The summed E-state index contributed by atoms with van der Waals surface area (Å²) < 4.78 is 24.2. The van der Waals surface area contributed by atoms with Crippen LogP contribution in [0.25, 0.3) is 0 Å². The van der Waals surface area contributed by atoms with E-state index in [1.54, 1.807) is 43.5 Å². The molecule has 2 aromatic carbocycles. The second-order valence-corrected chi connectivity index (χ2v) is 4.09. The van der Waals surface area contributed by atoms with E-state index in [-0.39, 0.29) is 12.4 Å². The van der Waals surface area contributed by atoms with Crippen molar-refractivity contribution in [2.45, 2.75) is 13.2 Å². The Balaban J connectivity index is 2.05. The second kappa shape index (κ2) is 6.20. The Morgan fingerprint density at radius 2 is 1.74 bits per heavy atom. The van der Waals surface area contributed by atoms with Crippen LogP contribution in [0.1, 0.15) is 11.1 Å². The molecule has 2 aromatic rings. The van der Waals surface area contributed by atoms with Gasteiger partial charge in [-0.15, -0.1) is 0 Å². The number of methoxy groups -OCH3 is 1. The zero-order valence-corrected chi connectivity index (χ0v) is 10.7. The first-order valence-electron chi connectivity index (χ1n) is 5.97. The highest BCUT2D eigenvalue weighted by atomic mass is 19.1. The molecule has 0 radical (unpaired) electrons. The monoisotopic (exact) mass is 261 g/mol. The van der Waals surface area contributed by atoms with Crippen molar-refractivity contribution in [2.24, 2.45) is 5.73 Å². The molecule has 0 aliphatic heterocycles. The fourth-order valence-corrected chi connectivity index (χ4v) is 1.70. The smallest absolute Gasteiger partial charge is 0.129 e. The second-order valence-electron chi connectivity index (χ2n) is 4.09. The largest absolute Gasteiger partial charge is 0.497 e. The maximum Gasteiger partial charge on any atom is 0.129 e. The van der Waals surface area contributed by atoms with Gasteiger partial charge in [-0.2, -0.15) is 0 Å². The van der Waals surface area contributed by atoms with E-state index in [1.165, 1.54) is 6.07 Å². The van der Waals surface area contributed by atoms with Gasteiger partial charge in [0.05, 0.1) is 7.11 Å². The van der Waals surface area contributed by atoms with Crippen molar-refractivity contribution in [1.82, 2.24) is 0 Å². The van der Waals surface area contributed by atoms with Gasteiger partial charge in [-0.3, -0.25) is 0 Å². The first kappa shape index (κ1) is 13.4. The molecule has 0 amide bonds. The lowest BCUT2D eigenvalue weighted by Crippen LogP contribution is -2.02. The lowest BCUT2D eigenvalue weighted by atomic mass is 10.1. The molecule has 0 aliphatic rings. The summed E-state index contributed by atoms with van der Waals surface area (Å²) in [6.45, 7) is 0.557. The minimum absolute atomic E-state index is 0.173. The van der Waals surface area contributed by atoms with Crippen LogP contribution in [0.5, 0.6) is 11.5 Å². The Morgan fingerprint density at radius 1 is 1.05 bits per heavy atom. The van der Waals surface area contributed by atoms with Crippen LogP contribution < -0.4 is 15.2 Å². The third-order valence-electron chi connectivity index (χ3n) is 2.80. The van der Waals surface area contributed by atoms with E-state index in [2.05, 4.69) is 0 Å². The summed E-state index contributed by atoms with van der Waals surface area (Å²) in [6.07, 6.45) is 0. The van der Waals surface area contributed by atoms with Crippen molar-refractivity contribution < 1.29 is 13.9 Å². The molecule has 2 N–H and O–H groups in total. The van der Waals surface area contributed by atoms with E-state index >= 15 is 0 Å². The van der Waals surface area contributed by atoms with Crippen molar-refractivity contribution >= 4 is 0 Å². The quantitative estimate of drug-likeness (QED) is 0.900. The Bertz CT molecular complexity index is 540. The molecule has 19 heavy (non-hydrogen) atoms. The number of nitrogens with two attached hydrogens (primary N) is 1. The summed E-state index contributed by atoms with van der Waals surface area (Å²) in [7, 11) is 1.60. The fourth-order valence-electron chi connectivity index (χ4n) is 1.70. The number of benzene rings is 2. The van der Waals surface area contributed by atoms with Crippen LogP contribution in [0.4, 0.5) is 4.39 Å². The van der Waals surface area contributed by atoms with Crippen LogP contribution in [-0.2, 0) is 13.2 Å². The van der Waals surface area contributed by atoms with E-state index in [4.69, 9.17) is 15.2 Å². The number of hydrogen-bond donors (Lipinski definition) is 1. The Hall–Kier alpha value is -2.07. The van der Waals surface area contributed by atoms with Gasteiger partial charge in [-0.05, 0) is 42.0 Å². The van der Waals surface area contributed by atoms with Gasteiger partial charge in [0.15, 0.2) is 0 Å². The fraction of sp³-hybridized carbons (Fsp3) is 0.200. The van der Waals surface area contributed by atoms with Crippen molar-refractivity contribution in [3.63, 3.8) is 0 Å². The Morgan fingerprint density at radius 3 is 2.37 bits per heavy atom. The van der Waals surface area contributed by atoms with Crippen molar-refractivity contribution in [1.29, 1.82) is 0 Å². The molecule has 2 rings (SSSR count). The van der Waals surface area contributed by atoms with Crippen LogP contribution in [0.2, 0.25) is 0 Å². The van der Waals surface area contributed by atoms with E-state index in [9.17, 15) is 4.39 Å². The summed E-state index contributed by atoms with van der Waals surface area (Å²) in [6, 6.07) is 12.0. The molecule has 0 heterocycles. The topological polar surface area (TPSA) is 44.5 Å². The highest BCUT2D eigenvalue weighted by Crippen LogP contribution is 2.19. The molecule has 0 unspecified atom stereocenters. The van der Waals surface area contributed by atoms with Crippen molar-refractivity contribution in [2.75, 3.05) is 7.11 Å². The summed E-state index contributed by atoms with van der Waals surface area (Å²) in [5.74, 6) is 1.13. The summed E-state index contributed by atoms with van der Waals surface area (Å²) in [5, 5.41) is 0. The molecule has 0 spiro atoms. The maximum atomic E-state index is 13.6. The van der Waals surface area contributed by atoms with Gasteiger partial charge >= 0.3 is 0 Å². The zero-order valence-electron chi connectivity index (χ0n) is 10.7. The van der Waals surface area contributed by atoms with Crippen molar-refractivity contribution in [3.8, 4) is 11.5 Å². The van der Waals surface area contributed by atoms with Gasteiger partial charge in [0.25, 0.3) is 0 Å². The molecule has 0 aliphatic carbocycles. The van der Waals surface area contributed by atoms with Gasteiger partial charge in [0.2, 0.25) is 0 Å². The lowest BCUT2D eigenvalue weighted by Gasteiger charge is -2.09. The molecule has 100 valence electrons. The molecular formula is C15H16FNO2. The predicted molar refractivity (Wildman–Crippen MR) is 71.6 cm³/mol. The highest BCUT2D eigenvalue weighted by molar-refractivity contribution is 5.32. The number of rotatable bonds is 5. The van der Waals surface area contributed by atoms with E-state index in [0.29, 0.717) is 17.9 Å². The number of ether oxygens (including phenoxy) is 2. The van der Waals surface area contributed by atoms with E-state index < -0.39 is 0 Å². The van der Waals surface area contributed by atoms with Crippen LogP contribution in [0.3, 0.4) is 0 Å². The van der Waals surface area contributed by atoms with Crippen LogP contribution in [0.15, 0.2) is 42.5 Å². The van der Waals surface area contributed by atoms with E-state index in [1.807, 2.05) is 0 Å². The summed E-state index contributed by atoms with van der Waals surface area (Å²) in [5.41, 5.74) is 6.91. The zero-order chi connectivity index (χ0) is 13.7. The van der Waals surface area contributed by atoms with Crippen LogP contribution >= 0.6 is 0 Å². The van der Waals surface area contributed by atoms with Gasteiger partial charge in [0.1, 0.15) is 23.9 Å². The number of hydrogen-bond acceptors (Lipinski definition) is 3. The average Bonchev–Trinajstić information content (AvgIpc) is 2.47. The lowest BCUT2D eigenvalue weighted by molar-refractivity contribution is 0.299. The molecule has 0 saturated carbocycles. The minimum atomic E-state index is -0.286. The Labute approximate surface area is 111 Å².